The number of nitrogens with zero attached hydrogens (tertiary/aromatic N) is 2. The van der Waals surface area contributed by atoms with E-state index in [1.165, 1.54) is 25.7 Å². The first-order valence-corrected chi connectivity index (χ1v) is 5.56. The monoisotopic (exact) mass is 206 g/mol. The van der Waals surface area contributed by atoms with Gasteiger partial charge in [0.15, 0.2) is 11.6 Å². The zero-order chi connectivity index (χ0) is 10.7. The lowest BCUT2D eigenvalue weighted by molar-refractivity contribution is 0.145. The molecule has 1 aromatic rings. The molecule has 0 amide bonds. The van der Waals surface area contributed by atoms with E-state index in [4.69, 9.17) is 5.73 Å². The Morgan fingerprint density at radius 3 is 2.67 bits per heavy atom. The molecule has 1 aliphatic rings. The lowest BCUT2D eigenvalue weighted by atomic mass is 9.67. The highest BCUT2D eigenvalue weighted by atomic mass is 15.1. The number of rotatable bonds is 4. The Labute approximate surface area is 90.3 Å². The van der Waals surface area contributed by atoms with Gasteiger partial charge < -0.3 is 11.1 Å². The summed E-state index contributed by atoms with van der Waals surface area (Å²) in [4.78, 5) is 8.18. The maximum Gasteiger partial charge on any atom is 0.168 e. The van der Waals surface area contributed by atoms with E-state index in [2.05, 4.69) is 22.2 Å². The number of aromatic nitrogens is 2. The highest BCUT2D eigenvalue weighted by molar-refractivity contribution is 5.55. The fourth-order valence-electron chi connectivity index (χ4n) is 2.09. The largest absolute Gasteiger partial charge is 0.381 e. The molecule has 2 rings (SSSR count). The van der Waals surface area contributed by atoms with Crippen molar-refractivity contribution in [2.75, 3.05) is 17.6 Å². The molecule has 0 aliphatic heterocycles. The standard InChI is InChI=1S/C11H18N4/c1-2-11(4-3-5-11)8-15-10-9(12)13-6-7-14-10/h6-7H,2-5,8H2,1H3,(H2,12,13)(H,14,15). The maximum atomic E-state index is 5.71. The van der Waals surface area contributed by atoms with Crippen LogP contribution < -0.4 is 11.1 Å². The van der Waals surface area contributed by atoms with Crippen molar-refractivity contribution in [1.82, 2.24) is 9.97 Å². The molecule has 0 aromatic carbocycles. The summed E-state index contributed by atoms with van der Waals surface area (Å²) in [5.74, 6) is 1.21. The molecule has 4 nitrogen and oxygen atoms in total. The molecule has 0 unspecified atom stereocenters. The maximum absolute atomic E-state index is 5.71. The quantitative estimate of drug-likeness (QED) is 0.791. The molecule has 3 N–H and O–H groups in total. The second-order valence-electron chi connectivity index (χ2n) is 4.35. The van der Waals surface area contributed by atoms with Crippen molar-refractivity contribution in [3.8, 4) is 0 Å². The molecule has 1 aromatic heterocycles. The van der Waals surface area contributed by atoms with Crippen LogP contribution in [0.3, 0.4) is 0 Å². The van der Waals surface area contributed by atoms with Gasteiger partial charge in [0.25, 0.3) is 0 Å². The molecule has 15 heavy (non-hydrogen) atoms. The van der Waals surface area contributed by atoms with E-state index in [0.717, 1.165) is 12.4 Å². The van der Waals surface area contributed by atoms with E-state index in [1.54, 1.807) is 12.4 Å². The Balaban J connectivity index is 1.95. The van der Waals surface area contributed by atoms with Gasteiger partial charge >= 0.3 is 0 Å². The minimum atomic E-state index is 0.476. The predicted octanol–water partition coefficient (Wildman–Crippen LogP) is 2.05. The first-order chi connectivity index (χ1) is 7.26. The molecule has 0 radical (unpaired) electrons. The van der Waals surface area contributed by atoms with Gasteiger partial charge in [-0.1, -0.05) is 13.3 Å². The smallest absolute Gasteiger partial charge is 0.168 e. The van der Waals surface area contributed by atoms with E-state index in [0.29, 0.717) is 11.2 Å². The van der Waals surface area contributed by atoms with Crippen molar-refractivity contribution in [2.45, 2.75) is 32.6 Å². The van der Waals surface area contributed by atoms with Gasteiger partial charge in [-0.15, -0.1) is 0 Å². The van der Waals surface area contributed by atoms with Gasteiger partial charge in [0.05, 0.1) is 0 Å². The van der Waals surface area contributed by atoms with Crippen LogP contribution in [0.5, 0.6) is 0 Å². The Morgan fingerprint density at radius 2 is 2.13 bits per heavy atom. The molecule has 0 saturated heterocycles. The topological polar surface area (TPSA) is 63.8 Å². The van der Waals surface area contributed by atoms with Crippen LogP contribution >= 0.6 is 0 Å². The van der Waals surface area contributed by atoms with Gasteiger partial charge in [0.1, 0.15) is 0 Å². The van der Waals surface area contributed by atoms with Gasteiger partial charge in [0, 0.05) is 18.9 Å². The molecule has 1 saturated carbocycles. The van der Waals surface area contributed by atoms with Crippen LogP contribution in [0.1, 0.15) is 32.6 Å². The van der Waals surface area contributed by atoms with Crippen LogP contribution in [0.2, 0.25) is 0 Å². The minimum Gasteiger partial charge on any atom is -0.381 e. The van der Waals surface area contributed by atoms with Gasteiger partial charge in [-0.25, -0.2) is 9.97 Å². The number of hydrogen-bond donors (Lipinski definition) is 2. The summed E-state index contributed by atoms with van der Waals surface area (Å²) in [6.07, 6.45) is 8.48. The lowest BCUT2D eigenvalue weighted by Gasteiger charge is -2.41. The van der Waals surface area contributed by atoms with Gasteiger partial charge in [-0.05, 0) is 24.7 Å². The summed E-state index contributed by atoms with van der Waals surface area (Å²) < 4.78 is 0. The fourth-order valence-corrected chi connectivity index (χ4v) is 2.09. The molecule has 82 valence electrons. The summed E-state index contributed by atoms with van der Waals surface area (Å²) in [5.41, 5.74) is 6.19. The molecule has 0 atom stereocenters. The van der Waals surface area contributed by atoms with Crippen LogP contribution in [-0.4, -0.2) is 16.5 Å². The Hall–Kier alpha value is -1.32. The number of nitrogens with two attached hydrogens (primary N) is 1. The highest BCUT2D eigenvalue weighted by Gasteiger charge is 2.34. The second kappa shape index (κ2) is 4.04. The third kappa shape index (κ3) is 2.03. The molecule has 0 bridgehead atoms. The summed E-state index contributed by atoms with van der Waals surface area (Å²) >= 11 is 0. The third-order valence-corrected chi connectivity index (χ3v) is 3.52. The first kappa shape index (κ1) is 10.2. The van der Waals surface area contributed by atoms with Crippen LogP contribution in [0.15, 0.2) is 12.4 Å². The summed E-state index contributed by atoms with van der Waals surface area (Å²) in [6.45, 7) is 3.22. The van der Waals surface area contributed by atoms with E-state index >= 15 is 0 Å². The molecule has 1 fully saturated rings. The normalized spacial score (nSPS) is 18.2. The summed E-state index contributed by atoms with van der Waals surface area (Å²) in [5, 5.41) is 3.31. The SMILES string of the molecule is CCC1(CNc2nccnc2N)CCC1. The zero-order valence-electron chi connectivity index (χ0n) is 9.16. The van der Waals surface area contributed by atoms with Crippen LogP contribution in [0.4, 0.5) is 11.6 Å². The first-order valence-electron chi connectivity index (χ1n) is 5.56. The van der Waals surface area contributed by atoms with Crippen molar-refractivity contribution < 1.29 is 0 Å². The van der Waals surface area contributed by atoms with Gasteiger partial charge in [0.2, 0.25) is 0 Å². The molecular weight excluding hydrogens is 188 g/mol. The van der Waals surface area contributed by atoms with E-state index in [-0.39, 0.29) is 0 Å². The number of hydrogen-bond acceptors (Lipinski definition) is 4. The van der Waals surface area contributed by atoms with Crippen molar-refractivity contribution in [1.29, 1.82) is 0 Å². The van der Waals surface area contributed by atoms with Crippen LogP contribution in [0.25, 0.3) is 0 Å². The summed E-state index contributed by atoms with van der Waals surface area (Å²) in [7, 11) is 0. The number of nitrogens with one attached hydrogen (secondary N) is 1. The average molecular weight is 206 g/mol. The second-order valence-corrected chi connectivity index (χ2v) is 4.35. The number of anilines is 2. The lowest BCUT2D eigenvalue weighted by Crippen LogP contribution is -2.36. The average Bonchev–Trinajstić information content (AvgIpc) is 2.19. The van der Waals surface area contributed by atoms with E-state index < -0.39 is 0 Å². The molecule has 4 heteroatoms. The van der Waals surface area contributed by atoms with E-state index in [9.17, 15) is 0 Å². The zero-order valence-corrected chi connectivity index (χ0v) is 9.16. The van der Waals surface area contributed by atoms with E-state index in [1.807, 2.05) is 0 Å². The van der Waals surface area contributed by atoms with Crippen LogP contribution in [-0.2, 0) is 0 Å². The van der Waals surface area contributed by atoms with Crippen molar-refractivity contribution >= 4 is 11.6 Å². The molecule has 1 heterocycles. The third-order valence-electron chi connectivity index (χ3n) is 3.52. The number of nitrogen functional groups attached to an aromatic ring is 1. The molecular formula is C11H18N4. The molecule has 0 spiro atoms. The van der Waals surface area contributed by atoms with Gasteiger partial charge in [-0.3, -0.25) is 0 Å². The fraction of sp³-hybridized carbons (Fsp3) is 0.636. The van der Waals surface area contributed by atoms with Crippen LogP contribution in [0, 0.1) is 5.41 Å². The Morgan fingerprint density at radius 1 is 1.40 bits per heavy atom. The van der Waals surface area contributed by atoms with Crippen molar-refractivity contribution in [3.63, 3.8) is 0 Å². The van der Waals surface area contributed by atoms with Crippen molar-refractivity contribution in [2.24, 2.45) is 5.41 Å². The predicted molar refractivity (Wildman–Crippen MR) is 61.5 cm³/mol. The highest BCUT2D eigenvalue weighted by Crippen LogP contribution is 2.43. The summed E-state index contributed by atoms with van der Waals surface area (Å²) in [6, 6.07) is 0. The Bertz CT molecular complexity index is 328. The molecule has 1 aliphatic carbocycles. The van der Waals surface area contributed by atoms with Crippen molar-refractivity contribution in [3.05, 3.63) is 12.4 Å². The Kier molecular flexibility index (Phi) is 2.75. The minimum absolute atomic E-state index is 0.476. The van der Waals surface area contributed by atoms with Gasteiger partial charge in [-0.2, -0.15) is 0 Å².